The van der Waals surface area contributed by atoms with Gasteiger partial charge in [0.15, 0.2) is 0 Å². The van der Waals surface area contributed by atoms with E-state index in [1.807, 2.05) is 24.3 Å². The Morgan fingerprint density at radius 1 is 0.810 bits per heavy atom. The van der Waals surface area contributed by atoms with Gasteiger partial charge in [0.05, 0.1) is 18.8 Å². The van der Waals surface area contributed by atoms with Crippen LogP contribution in [0, 0.1) is 0 Å². The molecule has 1 aliphatic carbocycles. The molecule has 0 bridgehead atoms. The molecule has 42 heavy (non-hydrogen) atoms. The van der Waals surface area contributed by atoms with Gasteiger partial charge < -0.3 is 20.5 Å². The molecule has 5 nitrogen and oxygen atoms in total. The number of esters is 1. The topological polar surface area (TPSA) is 73.6 Å². The van der Waals surface area contributed by atoms with Crippen LogP contribution in [0.4, 0.5) is 0 Å². The molecule has 0 atom stereocenters. The summed E-state index contributed by atoms with van der Waals surface area (Å²) in [7, 11) is 0. The third-order valence-corrected chi connectivity index (χ3v) is 8.56. The Kier molecular flexibility index (Phi) is 10.5. The van der Waals surface area contributed by atoms with Gasteiger partial charge in [0.25, 0.3) is 0 Å². The maximum absolute atomic E-state index is 12.4. The number of carbonyl (C=O) groups is 1. The third-order valence-electron chi connectivity index (χ3n) is 8.56. The maximum atomic E-state index is 12.4. The first kappa shape index (κ1) is 31.8. The van der Waals surface area contributed by atoms with Crippen LogP contribution in [0.25, 0.3) is 22.3 Å². The summed E-state index contributed by atoms with van der Waals surface area (Å²) in [4.78, 5) is 12.4. The first-order chi connectivity index (χ1) is 20.0. The number of hydrogen-bond acceptors (Lipinski definition) is 5. The lowest BCUT2D eigenvalue weighted by atomic mass is 9.63. The molecule has 0 aromatic heterocycles. The average molecular weight is 571 g/mol. The molecule has 0 saturated heterocycles. The highest BCUT2D eigenvalue weighted by molar-refractivity contribution is 5.90. The fraction of sp³-hybridized carbons (Fsp3) is 0.486. The summed E-state index contributed by atoms with van der Waals surface area (Å²) < 4.78 is 11.7. The number of fused-ring (bicyclic) bond motifs is 1. The molecule has 1 aliphatic rings. The van der Waals surface area contributed by atoms with Crippen molar-refractivity contribution < 1.29 is 14.3 Å². The number of carbonyl (C=O) groups excluding carboxylic acids is 1. The second-order valence-electron chi connectivity index (χ2n) is 13.3. The van der Waals surface area contributed by atoms with Crippen molar-refractivity contribution in [2.24, 2.45) is 5.73 Å². The van der Waals surface area contributed by atoms with Crippen LogP contribution < -0.4 is 15.8 Å². The first-order valence-corrected chi connectivity index (χ1v) is 15.6. The van der Waals surface area contributed by atoms with E-state index in [0.29, 0.717) is 37.8 Å². The van der Waals surface area contributed by atoms with Crippen LogP contribution in [0.5, 0.6) is 5.75 Å². The highest BCUT2D eigenvalue weighted by Crippen LogP contribution is 2.47. The zero-order valence-corrected chi connectivity index (χ0v) is 26.5. The minimum atomic E-state index is -0.317. The molecule has 3 aromatic carbocycles. The summed E-state index contributed by atoms with van der Waals surface area (Å²) >= 11 is 0. The fourth-order valence-electron chi connectivity index (χ4n) is 5.75. The van der Waals surface area contributed by atoms with Gasteiger partial charge in [0, 0.05) is 11.6 Å². The van der Waals surface area contributed by atoms with Crippen LogP contribution in [-0.2, 0) is 15.6 Å². The molecule has 0 saturated carbocycles. The van der Waals surface area contributed by atoms with Crippen molar-refractivity contribution in [3.05, 3.63) is 77.4 Å². The van der Waals surface area contributed by atoms with Gasteiger partial charge in [-0.25, -0.2) is 4.79 Å². The Labute approximate surface area is 253 Å². The minimum absolute atomic E-state index is 0.123. The second-order valence-corrected chi connectivity index (χ2v) is 13.3. The Bertz CT molecular complexity index is 1340. The van der Waals surface area contributed by atoms with Crippen molar-refractivity contribution in [1.82, 2.24) is 5.32 Å². The lowest BCUT2D eigenvalue weighted by molar-refractivity contribution is 0.0503. The van der Waals surface area contributed by atoms with Gasteiger partial charge in [-0.05, 0) is 108 Å². The van der Waals surface area contributed by atoms with Gasteiger partial charge in [-0.3, -0.25) is 0 Å². The smallest absolute Gasteiger partial charge is 0.338 e. The number of nitrogens with two attached hydrogens (primary N) is 1. The van der Waals surface area contributed by atoms with Crippen molar-refractivity contribution in [3.63, 3.8) is 0 Å². The quantitative estimate of drug-likeness (QED) is 0.161. The number of benzene rings is 3. The minimum Gasteiger partial charge on any atom is -0.493 e. The molecular weight excluding hydrogens is 520 g/mol. The van der Waals surface area contributed by atoms with E-state index in [-0.39, 0.29) is 16.8 Å². The molecule has 3 aromatic rings. The summed E-state index contributed by atoms with van der Waals surface area (Å²) in [5, 5.41) is 3.48. The van der Waals surface area contributed by atoms with E-state index in [0.717, 1.165) is 41.8 Å². The van der Waals surface area contributed by atoms with E-state index in [4.69, 9.17) is 15.2 Å². The number of unbranched alkanes of at least 4 members (excludes halogenated alkanes) is 1. The highest BCUT2D eigenvalue weighted by Gasteiger charge is 2.37. The van der Waals surface area contributed by atoms with Crippen LogP contribution in [0.3, 0.4) is 0 Å². The van der Waals surface area contributed by atoms with E-state index < -0.39 is 0 Å². The van der Waals surface area contributed by atoms with Crippen LogP contribution in [0.15, 0.2) is 60.7 Å². The number of rotatable bonds is 13. The zero-order valence-electron chi connectivity index (χ0n) is 26.5. The Hall–Kier alpha value is -3.15. The molecule has 0 unspecified atom stereocenters. The summed E-state index contributed by atoms with van der Waals surface area (Å²) in [5.41, 5.74) is 13.6. The molecule has 4 rings (SSSR count). The van der Waals surface area contributed by atoms with Gasteiger partial charge >= 0.3 is 5.97 Å². The number of nitrogens with one attached hydrogen (secondary N) is 1. The second kappa shape index (κ2) is 13.9. The van der Waals surface area contributed by atoms with E-state index in [1.165, 1.54) is 29.5 Å². The van der Waals surface area contributed by atoms with Crippen molar-refractivity contribution in [3.8, 4) is 28.0 Å². The molecule has 0 radical (unpaired) electrons. The number of ether oxygens (including phenoxy) is 2. The molecule has 0 amide bonds. The Morgan fingerprint density at radius 2 is 1.48 bits per heavy atom. The monoisotopic (exact) mass is 570 g/mol. The van der Waals surface area contributed by atoms with Gasteiger partial charge in [-0.1, -0.05) is 77.9 Å². The van der Waals surface area contributed by atoms with Gasteiger partial charge in [0.1, 0.15) is 5.75 Å². The summed E-state index contributed by atoms with van der Waals surface area (Å²) in [6.07, 6.45) is 5.10. The van der Waals surface area contributed by atoms with Gasteiger partial charge in [-0.2, -0.15) is 0 Å². The average Bonchev–Trinajstić information content (AvgIpc) is 2.97. The fourth-order valence-corrected chi connectivity index (χ4v) is 5.75. The van der Waals surface area contributed by atoms with Crippen molar-refractivity contribution in [2.75, 3.05) is 26.3 Å². The third kappa shape index (κ3) is 7.81. The molecule has 226 valence electrons. The van der Waals surface area contributed by atoms with E-state index in [9.17, 15) is 4.79 Å². The predicted molar refractivity (Wildman–Crippen MR) is 174 cm³/mol. The van der Waals surface area contributed by atoms with Crippen LogP contribution in [0.1, 0.15) is 95.1 Å². The SMILES string of the molecule is CC(C)NCCCCOc1ccc(-c2ccc(C(=O)OCCCN)cc2)cc1-c1ccc2c(c1)C(C)(C)CCC2(C)C. The number of hydrogen-bond donors (Lipinski definition) is 2. The van der Waals surface area contributed by atoms with Crippen molar-refractivity contribution >= 4 is 5.97 Å². The lowest BCUT2D eigenvalue weighted by Gasteiger charge is -2.42. The van der Waals surface area contributed by atoms with E-state index >= 15 is 0 Å². The largest absolute Gasteiger partial charge is 0.493 e. The van der Waals surface area contributed by atoms with Gasteiger partial charge in [0.2, 0.25) is 0 Å². The van der Waals surface area contributed by atoms with Gasteiger partial charge in [-0.15, -0.1) is 0 Å². The van der Waals surface area contributed by atoms with Crippen molar-refractivity contribution in [2.45, 2.75) is 90.5 Å². The molecule has 0 heterocycles. The molecule has 0 aliphatic heterocycles. The molecule has 0 spiro atoms. The van der Waals surface area contributed by atoms with E-state index in [1.54, 1.807) is 0 Å². The first-order valence-electron chi connectivity index (χ1n) is 15.6. The Morgan fingerprint density at radius 3 is 2.17 bits per heavy atom. The highest BCUT2D eigenvalue weighted by atomic mass is 16.5. The maximum Gasteiger partial charge on any atom is 0.338 e. The van der Waals surface area contributed by atoms with Crippen molar-refractivity contribution in [1.29, 1.82) is 0 Å². The standard InChI is InChI=1S/C37H50N2O3/c1-26(2)39-21-7-8-22-41-34-17-15-29(27-10-12-28(13-11-27)35(40)42-23-9-20-38)24-31(34)30-14-16-32-33(25-30)37(5,6)19-18-36(32,3)4/h10-17,24-26,39H,7-9,18-23,38H2,1-6H3. The lowest BCUT2D eigenvalue weighted by Crippen LogP contribution is -2.33. The molecule has 3 N–H and O–H groups in total. The molecule has 5 heteroatoms. The predicted octanol–water partition coefficient (Wildman–Crippen LogP) is 8.03. The summed E-state index contributed by atoms with van der Waals surface area (Å²) in [6.45, 7) is 16.3. The Balaban J connectivity index is 1.64. The normalized spacial score (nSPS) is 15.3. The van der Waals surface area contributed by atoms with Crippen LogP contribution >= 0.6 is 0 Å². The van der Waals surface area contributed by atoms with Crippen LogP contribution in [0.2, 0.25) is 0 Å². The summed E-state index contributed by atoms with van der Waals surface area (Å²) in [5.74, 6) is 0.589. The summed E-state index contributed by atoms with van der Waals surface area (Å²) in [6, 6.07) is 21.6. The van der Waals surface area contributed by atoms with E-state index in [2.05, 4.69) is 83.3 Å². The molecule has 0 fully saturated rings. The molecular formula is C37H50N2O3. The zero-order chi connectivity index (χ0) is 30.3. The van der Waals surface area contributed by atoms with Crippen LogP contribution in [-0.4, -0.2) is 38.3 Å².